The highest BCUT2D eigenvalue weighted by Crippen LogP contribution is 2.43. The number of unbranched alkanes of at least 4 members (excludes halogenated alkanes) is 14. The quantitative estimate of drug-likeness (QED) is 0.0270. The van der Waals surface area contributed by atoms with E-state index < -0.39 is 26.5 Å². The molecule has 0 fully saturated rings. The SMILES string of the molecule is CC/C=C\C/C=C\C/C=C\C/C=C\C/C=C\CCCCCC(=O)OC(COC(=O)CCCCCCCCC/C=C\CCCCCC)COP(=O)(O)OCCNC. The normalized spacial score (nSPS) is 14.0. The van der Waals surface area contributed by atoms with Crippen molar-refractivity contribution in [3.8, 4) is 0 Å². The molecule has 0 rings (SSSR count). The van der Waals surface area contributed by atoms with Crippen LogP contribution in [0.1, 0.15) is 168 Å². The van der Waals surface area contributed by atoms with Gasteiger partial charge in [0, 0.05) is 19.4 Å². The highest BCUT2D eigenvalue weighted by Gasteiger charge is 2.26. The lowest BCUT2D eigenvalue weighted by Crippen LogP contribution is -2.29. The lowest BCUT2D eigenvalue weighted by Gasteiger charge is -2.20. The summed E-state index contributed by atoms with van der Waals surface area (Å²) in [6, 6.07) is 0. The zero-order valence-electron chi connectivity index (χ0n) is 35.6. The van der Waals surface area contributed by atoms with Crippen LogP contribution in [-0.4, -0.2) is 56.3 Å². The van der Waals surface area contributed by atoms with Gasteiger partial charge in [0.2, 0.25) is 0 Å². The molecule has 0 saturated heterocycles. The maximum absolute atomic E-state index is 12.6. The van der Waals surface area contributed by atoms with Gasteiger partial charge in [0.25, 0.3) is 0 Å². The molecule has 0 aromatic rings. The van der Waals surface area contributed by atoms with Crippen LogP contribution in [0.4, 0.5) is 0 Å². The monoisotopic (exact) mass is 806 g/mol. The van der Waals surface area contributed by atoms with Crippen molar-refractivity contribution in [2.45, 2.75) is 174 Å². The third kappa shape index (κ3) is 41.1. The van der Waals surface area contributed by atoms with Crippen molar-refractivity contribution in [1.29, 1.82) is 0 Å². The number of phosphoric ester groups is 1. The van der Waals surface area contributed by atoms with Gasteiger partial charge in [0.1, 0.15) is 6.61 Å². The predicted octanol–water partition coefficient (Wildman–Crippen LogP) is 12.5. The number of allylic oxidation sites excluding steroid dienone is 12. The van der Waals surface area contributed by atoms with Gasteiger partial charge in [-0.2, -0.15) is 0 Å². The zero-order valence-corrected chi connectivity index (χ0v) is 36.5. The van der Waals surface area contributed by atoms with Crippen molar-refractivity contribution < 1.29 is 37.6 Å². The van der Waals surface area contributed by atoms with E-state index in [0.29, 0.717) is 13.0 Å². The largest absolute Gasteiger partial charge is 0.472 e. The van der Waals surface area contributed by atoms with E-state index in [4.69, 9.17) is 18.5 Å². The third-order valence-corrected chi connectivity index (χ3v) is 9.79. The number of hydrogen-bond acceptors (Lipinski definition) is 8. The number of esters is 2. The number of nitrogens with one attached hydrogen (secondary N) is 1. The van der Waals surface area contributed by atoms with Crippen LogP contribution in [0.5, 0.6) is 0 Å². The average molecular weight is 806 g/mol. The molecule has 9 nitrogen and oxygen atoms in total. The summed E-state index contributed by atoms with van der Waals surface area (Å²) >= 11 is 0. The summed E-state index contributed by atoms with van der Waals surface area (Å²) in [7, 11) is -2.67. The van der Waals surface area contributed by atoms with Gasteiger partial charge in [-0.25, -0.2) is 4.57 Å². The highest BCUT2D eigenvalue weighted by atomic mass is 31.2. The summed E-state index contributed by atoms with van der Waals surface area (Å²) in [5.74, 6) is -0.855. The summed E-state index contributed by atoms with van der Waals surface area (Å²) in [4.78, 5) is 35.1. The third-order valence-electron chi connectivity index (χ3n) is 8.81. The topological polar surface area (TPSA) is 120 Å². The van der Waals surface area contributed by atoms with Crippen molar-refractivity contribution in [1.82, 2.24) is 5.32 Å². The fourth-order valence-corrected chi connectivity index (χ4v) is 6.26. The van der Waals surface area contributed by atoms with Crippen LogP contribution in [0, 0.1) is 0 Å². The molecule has 0 aliphatic carbocycles. The van der Waals surface area contributed by atoms with Gasteiger partial charge < -0.3 is 19.7 Å². The lowest BCUT2D eigenvalue weighted by atomic mass is 10.1. The molecule has 0 aliphatic rings. The Balaban J connectivity index is 4.31. The molecule has 2 atom stereocenters. The molecule has 322 valence electrons. The Morgan fingerprint density at radius 1 is 0.571 bits per heavy atom. The number of ether oxygens (including phenoxy) is 2. The smallest absolute Gasteiger partial charge is 0.462 e. The number of carbonyl (C=O) groups is 2. The Hall–Kier alpha value is -2.55. The molecule has 0 radical (unpaired) electrons. The maximum atomic E-state index is 12.6. The van der Waals surface area contributed by atoms with Crippen LogP contribution >= 0.6 is 7.82 Å². The van der Waals surface area contributed by atoms with Crippen LogP contribution in [-0.2, 0) is 32.7 Å². The van der Waals surface area contributed by atoms with Gasteiger partial charge in [-0.1, -0.05) is 145 Å². The van der Waals surface area contributed by atoms with Crippen molar-refractivity contribution in [3.63, 3.8) is 0 Å². The van der Waals surface area contributed by atoms with Gasteiger partial charge in [-0.3, -0.25) is 18.6 Å². The minimum atomic E-state index is -4.36. The fourth-order valence-electron chi connectivity index (χ4n) is 5.51. The molecule has 0 amide bonds. The van der Waals surface area contributed by atoms with E-state index in [1.807, 2.05) is 0 Å². The van der Waals surface area contributed by atoms with Gasteiger partial charge in [0.15, 0.2) is 6.10 Å². The number of phosphoric acid groups is 1. The average Bonchev–Trinajstić information content (AvgIpc) is 3.18. The van der Waals surface area contributed by atoms with Crippen LogP contribution in [0.15, 0.2) is 72.9 Å². The van der Waals surface area contributed by atoms with Crippen molar-refractivity contribution in [3.05, 3.63) is 72.9 Å². The number of carbonyl (C=O) groups excluding carboxylic acids is 2. The zero-order chi connectivity index (χ0) is 41.1. The molecular weight excluding hydrogens is 725 g/mol. The Labute approximate surface area is 342 Å². The van der Waals surface area contributed by atoms with Gasteiger partial charge in [-0.15, -0.1) is 0 Å². The number of likely N-dealkylation sites (N-methyl/N-ethyl adjacent to an activating group) is 1. The van der Waals surface area contributed by atoms with E-state index >= 15 is 0 Å². The van der Waals surface area contributed by atoms with E-state index in [2.05, 4.69) is 92.1 Å². The van der Waals surface area contributed by atoms with Crippen molar-refractivity contribution in [2.24, 2.45) is 0 Å². The summed E-state index contributed by atoms with van der Waals surface area (Å²) < 4.78 is 33.2. The molecule has 0 bridgehead atoms. The molecule has 0 spiro atoms. The van der Waals surface area contributed by atoms with Crippen molar-refractivity contribution in [2.75, 3.05) is 33.4 Å². The Morgan fingerprint density at radius 2 is 1.02 bits per heavy atom. The summed E-state index contributed by atoms with van der Waals surface area (Å²) in [6.07, 6.45) is 49.4. The van der Waals surface area contributed by atoms with Gasteiger partial charge in [0.05, 0.1) is 13.2 Å². The van der Waals surface area contributed by atoms with E-state index in [1.165, 1.54) is 51.4 Å². The molecule has 0 aromatic heterocycles. The summed E-state index contributed by atoms with van der Waals surface area (Å²) in [6.45, 7) is 4.04. The van der Waals surface area contributed by atoms with E-state index in [0.717, 1.165) is 83.5 Å². The molecule has 0 aromatic carbocycles. The maximum Gasteiger partial charge on any atom is 0.472 e. The Kier molecular flexibility index (Phi) is 40.2. The van der Waals surface area contributed by atoms with Crippen molar-refractivity contribution >= 4 is 19.8 Å². The molecule has 0 aliphatic heterocycles. The van der Waals surface area contributed by atoms with Crippen LogP contribution in [0.3, 0.4) is 0 Å². The van der Waals surface area contributed by atoms with Gasteiger partial charge >= 0.3 is 19.8 Å². The molecule has 2 N–H and O–H groups in total. The van der Waals surface area contributed by atoms with Gasteiger partial charge in [-0.05, 0) is 90.5 Å². The Morgan fingerprint density at radius 3 is 1.55 bits per heavy atom. The van der Waals surface area contributed by atoms with E-state index in [9.17, 15) is 19.0 Å². The molecule has 56 heavy (non-hydrogen) atoms. The fraction of sp³-hybridized carbons (Fsp3) is 0.696. The van der Waals surface area contributed by atoms with Crippen LogP contribution < -0.4 is 5.32 Å². The van der Waals surface area contributed by atoms with E-state index in [1.54, 1.807) is 7.05 Å². The second-order valence-electron chi connectivity index (χ2n) is 14.1. The Bertz CT molecular complexity index is 1150. The first-order valence-electron chi connectivity index (χ1n) is 21.9. The molecular formula is C46H80NO8P. The standard InChI is InChI=1S/C46H80NO8P/c1-4-6-8-10-12-14-16-18-20-21-22-23-25-27-29-31-33-35-37-39-46(49)55-44(43-54-56(50,51)53-41-40-47-3)42-52-45(48)38-36-34-32-30-28-26-24-19-17-15-13-11-9-7-5-2/h6,8,12,14-15,17-18,20,22-23,27,29,44,47H,4-5,7,9-11,13,16,19,21,24-26,28,30-43H2,1-3H3,(H,50,51)/b8-6-,14-12-,17-15-,20-18-,23-22-,29-27-. The lowest BCUT2D eigenvalue weighted by molar-refractivity contribution is -0.161. The predicted molar refractivity (Wildman–Crippen MR) is 233 cm³/mol. The molecule has 10 heteroatoms. The summed E-state index contributed by atoms with van der Waals surface area (Å²) in [5.41, 5.74) is 0. The second kappa shape index (κ2) is 42.1. The minimum absolute atomic E-state index is 0.0278. The van der Waals surface area contributed by atoms with Crippen LogP contribution in [0.2, 0.25) is 0 Å². The number of hydrogen-bond donors (Lipinski definition) is 2. The van der Waals surface area contributed by atoms with Crippen LogP contribution in [0.25, 0.3) is 0 Å². The molecule has 0 saturated carbocycles. The highest BCUT2D eigenvalue weighted by molar-refractivity contribution is 7.47. The molecule has 0 heterocycles. The molecule has 2 unspecified atom stereocenters. The number of rotatable bonds is 40. The van der Waals surface area contributed by atoms with E-state index in [-0.39, 0.29) is 32.0 Å². The first kappa shape index (κ1) is 53.5. The summed E-state index contributed by atoms with van der Waals surface area (Å²) in [5, 5.41) is 2.82. The second-order valence-corrected chi connectivity index (χ2v) is 15.6. The minimum Gasteiger partial charge on any atom is -0.462 e. The first-order valence-corrected chi connectivity index (χ1v) is 23.4. The first-order chi connectivity index (χ1) is 27.3.